The van der Waals surface area contributed by atoms with E-state index >= 15 is 0 Å². The van der Waals surface area contributed by atoms with E-state index in [0.717, 1.165) is 0 Å². The number of hydrogen-bond donors (Lipinski definition) is 1. The topological polar surface area (TPSA) is 17.1 Å². The number of carbonyl (C=O) groups excluding carboxylic acids is 1. The van der Waals surface area contributed by atoms with Crippen molar-refractivity contribution >= 4 is 18.9 Å². The van der Waals surface area contributed by atoms with Crippen LogP contribution in [0, 0.1) is 12.7 Å². The summed E-state index contributed by atoms with van der Waals surface area (Å²) in [7, 11) is 0. The molecule has 0 atom stereocenters. The Morgan fingerprint density at radius 1 is 1.55 bits per heavy atom. The lowest BCUT2D eigenvalue weighted by Crippen LogP contribution is -1.90. The first-order chi connectivity index (χ1) is 5.16. The molecule has 1 aromatic carbocycles. The van der Waals surface area contributed by atoms with Crippen molar-refractivity contribution in [3.63, 3.8) is 0 Å². The molecule has 0 aliphatic heterocycles. The average molecular weight is 170 g/mol. The van der Waals surface area contributed by atoms with E-state index in [9.17, 15) is 9.18 Å². The molecule has 0 amide bonds. The molecule has 0 fully saturated rings. The Bertz CT molecular complexity index is 296. The summed E-state index contributed by atoms with van der Waals surface area (Å²) in [5.41, 5.74) is 1.07. The molecule has 0 saturated heterocycles. The molecule has 0 aliphatic rings. The van der Waals surface area contributed by atoms with E-state index < -0.39 is 5.82 Å². The van der Waals surface area contributed by atoms with E-state index in [4.69, 9.17) is 0 Å². The van der Waals surface area contributed by atoms with Gasteiger partial charge in [-0.2, -0.15) is 0 Å². The van der Waals surface area contributed by atoms with Crippen molar-refractivity contribution in [3.8, 4) is 0 Å². The maximum atomic E-state index is 12.7. The lowest BCUT2D eigenvalue weighted by molar-refractivity contribution is 0.112. The van der Waals surface area contributed by atoms with Crippen molar-refractivity contribution in [2.75, 3.05) is 0 Å². The SMILES string of the molecule is Cc1c(C=O)ccc(F)c1S. The second kappa shape index (κ2) is 3.05. The van der Waals surface area contributed by atoms with Crippen LogP contribution in [-0.4, -0.2) is 6.29 Å². The summed E-state index contributed by atoms with van der Waals surface area (Å²) in [6.07, 6.45) is 0.689. The quantitative estimate of drug-likeness (QED) is 0.505. The summed E-state index contributed by atoms with van der Waals surface area (Å²) in [5, 5.41) is 0. The van der Waals surface area contributed by atoms with Crippen LogP contribution < -0.4 is 0 Å². The summed E-state index contributed by atoms with van der Waals surface area (Å²) >= 11 is 3.90. The summed E-state index contributed by atoms with van der Waals surface area (Å²) in [5.74, 6) is -0.392. The summed E-state index contributed by atoms with van der Waals surface area (Å²) < 4.78 is 12.7. The van der Waals surface area contributed by atoms with Crippen molar-refractivity contribution in [1.29, 1.82) is 0 Å². The Balaban J connectivity index is 3.36. The van der Waals surface area contributed by atoms with Crippen LogP contribution in [0.1, 0.15) is 15.9 Å². The van der Waals surface area contributed by atoms with Gasteiger partial charge in [0.05, 0.1) is 0 Å². The van der Waals surface area contributed by atoms with Crippen LogP contribution >= 0.6 is 12.6 Å². The summed E-state index contributed by atoms with van der Waals surface area (Å²) in [4.78, 5) is 10.6. The van der Waals surface area contributed by atoms with Gasteiger partial charge in [-0.25, -0.2) is 4.39 Å². The Hall–Kier alpha value is -0.830. The van der Waals surface area contributed by atoms with Gasteiger partial charge in [-0.3, -0.25) is 4.79 Å². The Kier molecular flexibility index (Phi) is 2.29. The fraction of sp³-hybridized carbons (Fsp3) is 0.125. The largest absolute Gasteiger partial charge is 0.298 e. The molecular formula is C8H7FOS. The number of halogens is 1. The fourth-order valence-corrected chi connectivity index (χ4v) is 1.01. The highest BCUT2D eigenvalue weighted by Crippen LogP contribution is 2.19. The average Bonchev–Trinajstić information content (AvgIpc) is 2.01. The van der Waals surface area contributed by atoms with Gasteiger partial charge in [0.2, 0.25) is 0 Å². The second-order valence-electron chi connectivity index (χ2n) is 2.23. The van der Waals surface area contributed by atoms with Crippen molar-refractivity contribution in [2.24, 2.45) is 0 Å². The van der Waals surface area contributed by atoms with Gasteiger partial charge >= 0.3 is 0 Å². The van der Waals surface area contributed by atoms with Gasteiger partial charge in [-0.05, 0) is 24.6 Å². The van der Waals surface area contributed by atoms with Crippen LogP contribution in [0.3, 0.4) is 0 Å². The van der Waals surface area contributed by atoms with Gasteiger partial charge in [0, 0.05) is 10.5 Å². The normalized spacial score (nSPS) is 9.73. The Morgan fingerprint density at radius 3 is 2.73 bits per heavy atom. The zero-order valence-electron chi connectivity index (χ0n) is 5.97. The first-order valence-corrected chi connectivity index (χ1v) is 3.54. The number of rotatable bonds is 1. The third-order valence-corrected chi connectivity index (χ3v) is 2.10. The highest BCUT2D eigenvalue weighted by atomic mass is 32.1. The Morgan fingerprint density at radius 2 is 2.18 bits per heavy atom. The molecule has 0 aromatic heterocycles. The molecule has 0 heterocycles. The highest BCUT2D eigenvalue weighted by molar-refractivity contribution is 7.80. The van der Waals surface area contributed by atoms with Crippen LogP contribution in [-0.2, 0) is 0 Å². The second-order valence-corrected chi connectivity index (χ2v) is 2.68. The van der Waals surface area contributed by atoms with E-state index in [1.165, 1.54) is 12.1 Å². The molecule has 0 aliphatic carbocycles. The van der Waals surface area contributed by atoms with E-state index in [2.05, 4.69) is 12.6 Å². The first kappa shape index (κ1) is 8.27. The molecule has 0 saturated carbocycles. The monoisotopic (exact) mass is 170 g/mol. The molecule has 0 spiro atoms. The number of hydrogen-bond acceptors (Lipinski definition) is 2. The van der Waals surface area contributed by atoms with E-state index in [-0.39, 0.29) is 4.90 Å². The molecular weight excluding hydrogens is 163 g/mol. The highest BCUT2D eigenvalue weighted by Gasteiger charge is 2.04. The first-order valence-electron chi connectivity index (χ1n) is 3.10. The van der Waals surface area contributed by atoms with E-state index in [1.807, 2.05) is 0 Å². The molecule has 0 N–H and O–H groups in total. The molecule has 1 nitrogen and oxygen atoms in total. The third-order valence-electron chi connectivity index (χ3n) is 1.55. The van der Waals surface area contributed by atoms with E-state index in [1.54, 1.807) is 6.92 Å². The molecule has 0 unspecified atom stereocenters. The molecule has 58 valence electrons. The Labute approximate surface area is 69.6 Å². The summed E-state index contributed by atoms with van der Waals surface area (Å²) in [6.45, 7) is 1.66. The van der Waals surface area contributed by atoms with Gasteiger partial charge in [-0.15, -0.1) is 12.6 Å². The van der Waals surface area contributed by atoms with Gasteiger partial charge in [-0.1, -0.05) is 0 Å². The molecule has 0 radical (unpaired) electrons. The predicted octanol–water partition coefficient (Wildman–Crippen LogP) is 2.24. The van der Waals surface area contributed by atoms with Gasteiger partial charge in [0.15, 0.2) is 0 Å². The van der Waals surface area contributed by atoms with Gasteiger partial charge in [0.25, 0.3) is 0 Å². The maximum absolute atomic E-state index is 12.7. The van der Waals surface area contributed by atoms with Crippen LogP contribution in [0.15, 0.2) is 17.0 Å². The van der Waals surface area contributed by atoms with Crippen molar-refractivity contribution in [1.82, 2.24) is 0 Å². The predicted molar refractivity (Wildman–Crippen MR) is 43.8 cm³/mol. The lowest BCUT2D eigenvalue weighted by Gasteiger charge is -2.01. The van der Waals surface area contributed by atoms with Gasteiger partial charge < -0.3 is 0 Å². The lowest BCUT2D eigenvalue weighted by atomic mass is 10.1. The smallest absolute Gasteiger partial charge is 0.150 e. The van der Waals surface area contributed by atoms with Crippen LogP contribution in [0.5, 0.6) is 0 Å². The van der Waals surface area contributed by atoms with Crippen molar-refractivity contribution < 1.29 is 9.18 Å². The number of carbonyl (C=O) groups is 1. The minimum absolute atomic E-state index is 0.245. The van der Waals surface area contributed by atoms with Crippen LogP contribution in [0.2, 0.25) is 0 Å². The van der Waals surface area contributed by atoms with Gasteiger partial charge in [0.1, 0.15) is 12.1 Å². The van der Waals surface area contributed by atoms with Crippen molar-refractivity contribution in [3.05, 3.63) is 29.1 Å². The molecule has 0 bridgehead atoms. The number of benzene rings is 1. The summed E-state index contributed by atoms with van der Waals surface area (Å²) in [6, 6.07) is 2.68. The zero-order chi connectivity index (χ0) is 8.43. The van der Waals surface area contributed by atoms with Crippen LogP contribution in [0.4, 0.5) is 4.39 Å². The molecule has 1 aromatic rings. The molecule has 11 heavy (non-hydrogen) atoms. The van der Waals surface area contributed by atoms with E-state index in [0.29, 0.717) is 17.4 Å². The minimum Gasteiger partial charge on any atom is -0.298 e. The maximum Gasteiger partial charge on any atom is 0.150 e. The molecule has 1 rings (SSSR count). The zero-order valence-corrected chi connectivity index (χ0v) is 6.86. The van der Waals surface area contributed by atoms with Crippen LogP contribution in [0.25, 0.3) is 0 Å². The number of thiol groups is 1. The number of aldehydes is 1. The minimum atomic E-state index is -0.392. The van der Waals surface area contributed by atoms with Crippen molar-refractivity contribution in [2.45, 2.75) is 11.8 Å². The molecule has 3 heteroatoms. The fourth-order valence-electron chi connectivity index (χ4n) is 0.810. The third kappa shape index (κ3) is 1.43. The standard InChI is InChI=1S/C8H7FOS/c1-5-6(4-10)2-3-7(9)8(5)11/h2-4,11H,1H3.